The van der Waals surface area contributed by atoms with Crippen LogP contribution in [0.4, 0.5) is 10.5 Å². The minimum Gasteiger partial charge on any atom is -0.393 e. The Labute approximate surface area is 143 Å². The third kappa shape index (κ3) is 5.39. The molecule has 0 radical (unpaired) electrons. The Morgan fingerprint density at radius 1 is 1.12 bits per heavy atom. The van der Waals surface area contributed by atoms with E-state index < -0.39 is 6.10 Å². The highest BCUT2D eigenvalue weighted by Gasteiger charge is 2.15. The van der Waals surface area contributed by atoms with Gasteiger partial charge in [-0.3, -0.25) is 0 Å². The molecule has 24 heavy (non-hydrogen) atoms. The van der Waals surface area contributed by atoms with Crippen LogP contribution in [0.1, 0.15) is 36.0 Å². The predicted octanol–water partition coefficient (Wildman–Crippen LogP) is 3.98. The molecule has 2 unspecified atom stereocenters. The molecule has 0 saturated carbocycles. The normalized spacial score (nSPS) is 13.2. The van der Waals surface area contributed by atoms with Crippen molar-refractivity contribution >= 4 is 11.7 Å². The number of nitrogens with one attached hydrogen (secondary N) is 2. The lowest BCUT2D eigenvalue weighted by Gasteiger charge is -2.20. The van der Waals surface area contributed by atoms with Gasteiger partial charge in [-0.25, -0.2) is 4.79 Å². The van der Waals surface area contributed by atoms with Crippen LogP contribution in [0.2, 0.25) is 0 Å². The van der Waals surface area contributed by atoms with Crippen molar-refractivity contribution in [2.45, 2.75) is 39.2 Å². The Morgan fingerprint density at radius 3 is 2.50 bits per heavy atom. The predicted molar refractivity (Wildman–Crippen MR) is 98.4 cm³/mol. The van der Waals surface area contributed by atoms with Crippen molar-refractivity contribution in [3.8, 4) is 0 Å². The van der Waals surface area contributed by atoms with E-state index in [1.807, 2.05) is 62.4 Å². The summed E-state index contributed by atoms with van der Waals surface area (Å²) in [4.78, 5) is 12.2. The number of anilines is 1. The number of carbonyl (C=O) groups is 1. The first kappa shape index (κ1) is 18.0. The van der Waals surface area contributed by atoms with Gasteiger partial charge in [0, 0.05) is 18.2 Å². The highest BCUT2D eigenvalue weighted by atomic mass is 16.3. The molecule has 3 N–H and O–H groups in total. The van der Waals surface area contributed by atoms with E-state index in [2.05, 4.69) is 10.6 Å². The first-order valence-electron chi connectivity index (χ1n) is 8.31. The largest absolute Gasteiger partial charge is 0.393 e. The van der Waals surface area contributed by atoms with Crippen molar-refractivity contribution in [3.63, 3.8) is 0 Å². The molecule has 2 atom stereocenters. The van der Waals surface area contributed by atoms with Crippen LogP contribution in [0.15, 0.2) is 48.5 Å². The lowest BCUT2D eigenvalue weighted by Crippen LogP contribution is -2.33. The average Bonchev–Trinajstić information content (AvgIpc) is 2.55. The van der Waals surface area contributed by atoms with Gasteiger partial charge in [-0.1, -0.05) is 42.5 Å². The number of aryl methyl sites for hydroxylation is 2. The van der Waals surface area contributed by atoms with Crippen molar-refractivity contribution in [3.05, 3.63) is 65.2 Å². The molecule has 4 heteroatoms. The van der Waals surface area contributed by atoms with Crippen molar-refractivity contribution in [2.24, 2.45) is 0 Å². The Bertz CT molecular complexity index is 669. The molecule has 0 aliphatic rings. The van der Waals surface area contributed by atoms with Crippen LogP contribution < -0.4 is 10.6 Å². The quantitative estimate of drug-likeness (QED) is 0.752. The second-order valence-corrected chi connectivity index (χ2v) is 6.35. The van der Waals surface area contributed by atoms with Gasteiger partial charge in [0.1, 0.15) is 0 Å². The second kappa shape index (κ2) is 8.50. The van der Waals surface area contributed by atoms with E-state index in [1.165, 1.54) is 0 Å². The molecule has 0 saturated heterocycles. The molecular weight excluding hydrogens is 300 g/mol. The van der Waals surface area contributed by atoms with E-state index >= 15 is 0 Å². The second-order valence-electron chi connectivity index (χ2n) is 6.35. The van der Waals surface area contributed by atoms with E-state index in [0.29, 0.717) is 13.0 Å². The summed E-state index contributed by atoms with van der Waals surface area (Å²) in [5.74, 6) is 0.0792. The van der Waals surface area contributed by atoms with E-state index in [-0.39, 0.29) is 11.9 Å². The first-order chi connectivity index (χ1) is 11.5. The fourth-order valence-corrected chi connectivity index (χ4v) is 2.73. The molecule has 0 spiro atoms. The van der Waals surface area contributed by atoms with Crippen molar-refractivity contribution < 1.29 is 9.90 Å². The number of benzene rings is 2. The molecular formula is C20H26N2O2. The molecule has 2 amide bonds. The van der Waals surface area contributed by atoms with Crippen molar-refractivity contribution in [1.82, 2.24) is 5.32 Å². The van der Waals surface area contributed by atoms with Gasteiger partial charge < -0.3 is 15.7 Å². The van der Waals surface area contributed by atoms with Crippen molar-refractivity contribution in [2.75, 3.05) is 11.9 Å². The molecule has 2 aromatic carbocycles. The summed E-state index contributed by atoms with van der Waals surface area (Å²) in [5.41, 5.74) is 4.07. The van der Waals surface area contributed by atoms with Gasteiger partial charge in [-0.2, -0.15) is 0 Å². The molecule has 0 heterocycles. The van der Waals surface area contributed by atoms with Gasteiger partial charge >= 0.3 is 6.03 Å². The number of carbonyl (C=O) groups excluding carboxylic acids is 1. The van der Waals surface area contributed by atoms with Crippen LogP contribution in [-0.4, -0.2) is 23.8 Å². The SMILES string of the molecule is Cc1ccc(C)c(NC(=O)NCC(CC(C)O)c2ccccc2)c1. The van der Waals surface area contributed by atoms with E-state index in [9.17, 15) is 9.90 Å². The molecule has 0 aliphatic heterocycles. The topological polar surface area (TPSA) is 61.4 Å². The maximum absolute atomic E-state index is 12.2. The zero-order valence-electron chi connectivity index (χ0n) is 14.5. The Hall–Kier alpha value is -2.33. The third-order valence-electron chi connectivity index (χ3n) is 4.05. The fraction of sp³-hybridized carbons (Fsp3) is 0.350. The summed E-state index contributed by atoms with van der Waals surface area (Å²) in [7, 11) is 0. The molecule has 0 bridgehead atoms. The molecule has 0 aliphatic carbocycles. The molecule has 2 rings (SSSR count). The van der Waals surface area contributed by atoms with Gasteiger partial charge in [0.2, 0.25) is 0 Å². The fourth-order valence-electron chi connectivity index (χ4n) is 2.73. The van der Waals surface area contributed by atoms with E-state index in [4.69, 9.17) is 0 Å². The summed E-state index contributed by atoms with van der Waals surface area (Å²) in [6, 6.07) is 15.7. The van der Waals surface area contributed by atoms with Gasteiger partial charge in [0.05, 0.1) is 6.10 Å². The Kier molecular flexibility index (Phi) is 6.38. The van der Waals surface area contributed by atoms with Gasteiger partial charge in [0.15, 0.2) is 0 Å². The van der Waals surface area contributed by atoms with E-state index in [1.54, 1.807) is 6.92 Å². The molecule has 4 nitrogen and oxygen atoms in total. The summed E-state index contributed by atoms with van der Waals surface area (Å²) in [5, 5.41) is 15.5. The number of hydrogen-bond donors (Lipinski definition) is 3. The van der Waals surface area contributed by atoms with Crippen LogP contribution in [0.25, 0.3) is 0 Å². The van der Waals surface area contributed by atoms with Gasteiger partial charge in [0.25, 0.3) is 0 Å². The smallest absolute Gasteiger partial charge is 0.319 e. The lowest BCUT2D eigenvalue weighted by molar-refractivity contribution is 0.173. The average molecular weight is 326 g/mol. The zero-order chi connectivity index (χ0) is 17.5. The number of aliphatic hydroxyl groups excluding tert-OH is 1. The number of urea groups is 1. The van der Waals surface area contributed by atoms with Crippen LogP contribution in [0.3, 0.4) is 0 Å². The van der Waals surface area contributed by atoms with Crippen LogP contribution in [-0.2, 0) is 0 Å². The number of hydrogen-bond acceptors (Lipinski definition) is 2. The molecule has 0 fully saturated rings. The van der Waals surface area contributed by atoms with Crippen molar-refractivity contribution in [1.29, 1.82) is 0 Å². The summed E-state index contributed by atoms with van der Waals surface area (Å²) in [6.45, 7) is 6.21. The van der Waals surface area contributed by atoms with Crippen LogP contribution in [0, 0.1) is 13.8 Å². The molecule has 128 valence electrons. The number of amides is 2. The monoisotopic (exact) mass is 326 g/mol. The van der Waals surface area contributed by atoms with Crippen LogP contribution in [0.5, 0.6) is 0 Å². The first-order valence-corrected chi connectivity index (χ1v) is 8.31. The zero-order valence-corrected chi connectivity index (χ0v) is 14.5. The molecule has 2 aromatic rings. The number of rotatable bonds is 6. The van der Waals surface area contributed by atoms with E-state index in [0.717, 1.165) is 22.4 Å². The minimum absolute atomic E-state index is 0.0792. The number of aliphatic hydroxyl groups is 1. The van der Waals surface area contributed by atoms with Gasteiger partial charge in [-0.15, -0.1) is 0 Å². The summed E-state index contributed by atoms with van der Waals surface area (Å²) < 4.78 is 0. The maximum atomic E-state index is 12.2. The maximum Gasteiger partial charge on any atom is 0.319 e. The van der Waals surface area contributed by atoms with Crippen LogP contribution >= 0.6 is 0 Å². The lowest BCUT2D eigenvalue weighted by atomic mass is 9.93. The minimum atomic E-state index is -0.418. The highest BCUT2D eigenvalue weighted by molar-refractivity contribution is 5.90. The standard InChI is InChI=1S/C20H26N2O2/c1-14-9-10-15(2)19(11-14)22-20(24)21-13-18(12-16(3)23)17-7-5-4-6-8-17/h4-11,16,18,23H,12-13H2,1-3H3,(H2,21,22,24). The van der Waals surface area contributed by atoms with Gasteiger partial charge in [-0.05, 0) is 49.9 Å². The summed E-state index contributed by atoms with van der Waals surface area (Å²) in [6.07, 6.45) is 0.187. The molecule has 0 aromatic heterocycles. The highest BCUT2D eigenvalue weighted by Crippen LogP contribution is 2.21. The summed E-state index contributed by atoms with van der Waals surface area (Å²) >= 11 is 0. The Balaban J connectivity index is 1.98. The third-order valence-corrected chi connectivity index (χ3v) is 4.05. The Morgan fingerprint density at radius 2 is 1.83 bits per heavy atom.